The van der Waals surface area contributed by atoms with Crippen LogP contribution >= 0.6 is 0 Å². The van der Waals surface area contributed by atoms with Gasteiger partial charge in [0.15, 0.2) is 6.10 Å². The Hall–Kier alpha value is -1.59. The summed E-state index contributed by atoms with van der Waals surface area (Å²) in [6.45, 7) is 6.68. The van der Waals surface area contributed by atoms with Crippen molar-refractivity contribution >= 4 is 17.9 Å². The van der Waals surface area contributed by atoms with E-state index < -0.39 is 6.10 Å². The van der Waals surface area contributed by atoms with Crippen molar-refractivity contribution in [2.45, 2.75) is 380 Å². The first-order valence-electron chi connectivity index (χ1n) is 32.0. The minimum atomic E-state index is -0.760. The standard InChI is InChI=1S/C64H124O6/c1-4-7-10-13-16-18-20-22-24-26-27-28-29-30-31-32-33-34-35-36-38-39-41-43-45-48-51-54-57-63(66)69-60-61(59-68-62(65)56-53-50-47-15-12-9-6-3)70-64(67)58-55-52-49-46-44-42-40-37-25-23-21-19-17-14-11-8-5-2/h61H,4-60H2,1-3H3. The summed E-state index contributed by atoms with van der Waals surface area (Å²) in [6, 6.07) is 0. The predicted molar refractivity (Wildman–Crippen MR) is 303 cm³/mol. The summed E-state index contributed by atoms with van der Waals surface area (Å²) >= 11 is 0. The van der Waals surface area contributed by atoms with E-state index in [1.807, 2.05) is 0 Å². The predicted octanol–water partition coefficient (Wildman–Crippen LogP) is 21.5. The summed E-state index contributed by atoms with van der Waals surface area (Å²) in [5.41, 5.74) is 0. The van der Waals surface area contributed by atoms with Gasteiger partial charge in [0.2, 0.25) is 0 Å². The molecule has 0 aromatic heterocycles. The molecule has 0 heterocycles. The third kappa shape index (κ3) is 57.3. The van der Waals surface area contributed by atoms with Gasteiger partial charge in [0.05, 0.1) is 0 Å². The molecule has 0 fully saturated rings. The molecular weight excluding hydrogens is 865 g/mol. The fraction of sp³-hybridized carbons (Fsp3) is 0.953. The summed E-state index contributed by atoms with van der Waals surface area (Å²) in [6.07, 6.45) is 68.6. The highest BCUT2D eigenvalue weighted by Crippen LogP contribution is 2.19. The maximum atomic E-state index is 12.8. The van der Waals surface area contributed by atoms with Gasteiger partial charge in [0, 0.05) is 19.3 Å². The van der Waals surface area contributed by atoms with Crippen LogP contribution in [0.15, 0.2) is 0 Å². The molecule has 6 heteroatoms. The van der Waals surface area contributed by atoms with Crippen LogP contribution in [0.2, 0.25) is 0 Å². The largest absolute Gasteiger partial charge is 0.462 e. The van der Waals surface area contributed by atoms with Gasteiger partial charge in [-0.25, -0.2) is 0 Å². The third-order valence-corrected chi connectivity index (χ3v) is 14.9. The molecule has 0 radical (unpaired) electrons. The van der Waals surface area contributed by atoms with Crippen molar-refractivity contribution < 1.29 is 28.6 Å². The molecule has 0 aromatic rings. The van der Waals surface area contributed by atoms with Crippen LogP contribution in [0.1, 0.15) is 374 Å². The number of hydrogen-bond donors (Lipinski definition) is 0. The van der Waals surface area contributed by atoms with E-state index in [0.717, 1.165) is 57.8 Å². The average molecular weight is 990 g/mol. The number of unbranched alkanes of at least 4 members (excludes halogenated alkanes) is 49. The number of ether oxygens (including phenoxy) is 3. The Kier molecular flexibility index (Phi) is 58.6. The summed E-state index contributed by atoms with van der Waals surface area (Å²) in [4.78, 5) is 38.0. The van der Waals surface area contributed by atoms with Crippen LogP contribution in [0.4, 0.5) is 0 Å². The molecule has 0 saturated carbocycles. The second-order valence-corrected chi connectivity index (χ2v) is 22.1. The van der Waals surface area contributed by atoms with E-state index in [-0.39, 0.29) is 31.1 Å². The zero-order valence-corrected chi connectivity index (χ0v) is 47.8. The molecule has 1 unspecified atom stereocenters. The molecule has 416 valence electrons. The number of esters is 3. The maximum Gasteiger partial charge on any atom is 0.306 e. The van der Waals surface area contributed by atoms with Crippen LogP contribution in [0.3, 0.4) is 0 Å². The van der Waals surface area contributed by atoms with Crippen LogP contribution < -0.4 is 0 Å². The van der Waals surface area contributed by atoms with Crippen LogP contribution in [0.25, 0.3) is 0 Å². The van der Waals surface area contributed by atoms with Gasteiger partial charge in [-0.2, -0.15) is 0 Å². The van der Waals surface area contributed by atoms with Crippen molar-refractivity contribution in [2.24, 2.45) is 0 Å². The average Bonchev–Trinajstić information content (AvgIpc) is 3.36. The Morgan fingerprint density at radius 3 is 0.571 bits per heavy atom. The quantitative estimate of drug-likeness (QED) is 0.0343. The highest BCUT2D eigenvalue weighted by atomic mass is 16.6. The van der Waals surface area contributed by atoms with E-state index in [0.29, 0.717) is 19.3 Å². The monoisotopic (exact) mass is 989 g/mol. The summed E-state index contributed by atoms with van der Waals surface area (Å²) in [5.74, 6) is -0.839. The first kappa shape index (κ1) is 68.4. The van der Waals surface area contributed by atoms with Gasteiger partial charge in [0.25, 0.3) is 0 Å². The van der Waals surface area contributed by atoms with Gasteiger partial charge in [-0.1, -0.05) is 335 Å². The van der Waals surface area contributed by atoms with E-state index >= 15 is 0 Å². The fourth-order valence-corrected chi connectivity index (χ4v) is 10.0. The number of carbonyl (C=O) groups is 3. The van der Waals surface area contributed by atoms with Crippen LogP contribution in [0.5, 0.6) is 0 Å². The van der Waals surface area contributed by atoms with Crippen molar-refractivity contribution in [2.75, 3.05) is 13.2 Å². The van der Waals surface area contributed by atoms with Gasteiger partial charge >= 0.3 is 17.9 Å². The Morgan fingerprint density at radius 1 is 0.229 bits per heavy atom. The van der Waals surface area contributed by atoms with Crippen molar-refractivity contribution in [1.29, 1.82) is 0 Å². The Labute approximate surface area is 438 Å². The van der Waals surface area contributed by atoms with Gasteiger partial charge in [-0.3, -0.25) is 14.4 Å². The molecular formula is C64H124O6. The van der Waals surface area contributed by atoms with Crippen LogP contribution in [-0.2, 0) is 28.6 Å². The molecule has 70 heavy (non-hydrogen) atoms. The lowest BCUT2D eigenvalue weighted by molar-refractivity contribution is -0.167. The van der Waals surface area contributed by atoms with Gasteiger partial charge in [-0.05, 0) is 19.3 Å². The molecule has 0 spiro atoms. The highest BCUT2D eigenvalue weighted by Gasteiger charge is 2.19. The van der Waals surface area contributed by atoms with E-state index in [1.165, 1.54) is 276 Å². The summed E-state index contributed by atoms with van der Waals surface area (Å²) in [7, 11) is 0. The molecule has 0 rings (SSSR count). The van der Waals surface area contributed by atoms with Crippen LogP contribution in [0, 0.1) is 0 Å². The molecule has 0 aliphatic carbocycles. The zero-order chi connectivity index (χ0) is 50.7. The molecule has 0 aliphatic heterocycles. The first-order chi connectivity index (χ1) is 34.5. The van der Waals surface area contributed by atoms with E-state index in [4.69, 9.17) is 14.2 Å². The molecule has 0 N–H and O–H groups in total. The normalized spacial score (nSPS) is 11.9. The summed E-state index contributed by atoms with van der Waals surface area (Å²) < 4.78 is 16.8. The number of carbonyl (C=O) groups excluding carboxylic acids is 3. The number of hydrogen-bond acceptors (Lipinski definition) is 6. The zero-order valence-electron chi connectivity index (χ0n) is 47.8. The maximum absolute atomic E-state index is 12.8. The van der Waals surface area contributed by atoms with Gasteiger partial charge < -0.3 is 14.2 Å². The molecule has 6 nitrogen and oxygen atoms in total. The molecule has 0 bridgehead atoms. The van der Waals surface area contributed by atoms with E-state index in [1.54, 1.807) is 0 Å². The Morgan fingerprint density at radius 2 is 0.386 bits per heavy atom. The Bertz CT molecular complexity index is 1040. The third-order valence-electron chi connectivity index (χ3n) is 14.9. The highest BCUT2D eigenvalue weighted by molar-refractivity contribution is 5.71. The van der Waals surface area contributed by atoms with Crippen molar-refractivity contribution in [1.82, 2.24) is 0 Å². The van der Waals surface area contributed by atoms with E-state index in [2.05, 4.69) is 20.8 Å². The SMILES string of the molecule is CCCCCCCCCCCCCCCCCCCCCCCCCCCCCCC(=O)OCC(COC(=O)CCCCCCCCC)OC(=O)CCCCCCCCCCCCCCCCCCC. The first-order valence-corrected chi connectivity index (χ1v) is 32.0. The van der Waals surface area contributed by atoms with Gasteiger partial charge in [-0.15, -0.1) is 0 Å². The molecule has 0 aromatic carbocycles. The lowest BCUT2D eigenvalue weighted by Crippen LogP contribution is -2.30. The second-order valence-electron chi connectivity index (χ2n) is 22.1. The molecule has 1 atom stereocenters. The van der Waals surface area contributed by atoms with Gasteiger partial charge in [0.1, 0.15) is 13.2 Å². The smallest absolute Gasteiger partial charge is 0.306 e. The lowest BCUT2D eigenvalue weighted by atomic mass is 10.0. The molecule has 0 saturated heterocycles. The van der Waals surface area contributed by atoms with E-state index in [9.17, 15) is 14.4 Å². The minimum Gasteiger partial charge on any atom is -0.462 e. The lowest BCUT2D eigenvalue weighted by Gasteiger charge is -2.18. The van der Waals surface area contributed by atoms with Crippen molar-refractivity contribution in [3.05, 3.63) is 0 Å². The second kappa shape index (κ2) is 60.0. The topological polar surface area (TPSA) is 78.9 Å². The van der Waals surface area contributed by atoms with Crippen molar-refractivity contribution in [3.8, 4) is 0 Å². The Balaban J connectivity index is 3.99. The van der Waals surface area contributed by atoms with Crippen molar-refractivity contribution in [3.63, 3.8) is 0 Å². The number of rotatable bonds is 60. The fourth-order valence-electron chi connectivity index (χ4n) is 10.0. The minimum absolute atomic E-state index is 0.0616. The molecule has 0 amide bonds. The molecule has 0 aliphatic rings. The summed E-state index contributed by atoms with van der Waals surface area (Å²) in [5, 5.41) is 0. The van der Waals surface area contributed by atoms with Crippen LogP contribution in [-0.4, -0.2) is 37.2 Å².